The van der Waals surface area contributed by atoms with Crippen LogP contribution in [0.2, 0.25) is 5.02 Å². The Bertz CT molecular complexity index is 1320. The van der Waals surface area contributed by atoms with E-state index < -0.39 is 0 Å². The van der Waals surface area contributed by atoms with Crippen LogP contribution in [0.3, 0.4) is 0 Å². The zero-order valence-electron chi connectivity index (χ0n) is 22.2. The Balaban J connectivity index is 1.24. The molecular weight excluding hydrogens is 498 g/mol. The van der Waals surface area contributed by atoms with Crippen molar-refractivity contribution in [2.24, 2.45) is 0 Å². The molecule has 0 saturated carbocycles. The first kappa shape index (κ1) is 27.5. The molecule has 0 atom stereocenters. The Hall–Kier alpha value is -3.51. The maximum Gasteiger partial charge on any atom is 0.257 e. The van der Waals surface area contributed by atoms with Gasteiger partial charge in [0.2, 0.25) is 0 Å². The van der Waals surface area contributed by atoms with E-state index in [9.17, 15) is 4.79 Å². The summed E-state index contributed by atoms with van der Waals surface area (Å²) in [7, 11) is 0. The van der Waals surface area contributed by atoms with E-state index in [1.807, 2.05) is 12.1 Å². The molecule has 4 rings (SSSR count). The molecule has 0 saturated heterocycles. The van der Waals surface area contributed by atoms with Gasteiger partial charge in [-0.3, -0.25) is 4.79 Å². The summed E-state index contributed by atoms with van der Waals surface area (Å²) in [4.78, 5) is 17.0. The smallest absolute Gasteiger partial charge is 0.257 e. The molecular formula is C31H36ClN3O3. The zero-order chi connectivity index (χ0) is 26.7. The lowest BCUT2D eigenvalue weighted by Gasteiger charge is -2.14. The Morgan fingerprint density at radius 1 is 0.947 bits per heavy atom. The molecule has 200 valence electrons. The summed E-state index contributed by atoms with van der Waals surface area (Å²) in [5, 5.41) is 3.56. The molecule has 0 bridgehead atoms. The number of hydrogen-bond donors (Lipinski definition) is 1. The number of carbonyl (C=O) groups excluding carboxylic acids is 1. The van der Waals surface area contributed by atoms with Crippen molar-refractivity contribution in [1.82, 2.24) is 14.9 Å². The number of hydrogen-bond acceptors (Lipinski definition) is 4. The molecule has 1 amide bonds. The van der Waals surface area contributed by atoms with Crippen molar-refractivity contribution in [2.45, 2.75) is 52.0 Å². The first-order chi connectivity index (χ1) is 18.5. The van der Waals surface area contributed by atoms with Crippen molar-refractivity contribution in [3.05, 3.63) is 89.2 Å². The van der Waals surface area contributed by atoms with E-state index in [0.717, 1.165) is 54.8 Å². The fourth-order valence-corrected chi connectivity index (χ4v) is 4.54. The molecule has 0 unspecified atom stereocenters. The van der Waals surface area contributed by atoms with Gasteiger partial charge in [-0.25, -0.2) is 4.98 Å². The molecule has 3 aromatic carbocycles. The second-order valence-corrected chi connectivity index (χ2v) is 10.0. The van der Waals surface area contributed by atoms with Gasteiger partial charge in [-0.05, 0) is 73.2 Å². The van der Waals surface area contributed by atoms with Crippen LogP contribution in [0.5, 0.6) is 11.5 Å². The fraction of sp³-hybridized carbons (Fsp3) is 0.355. The highest BCUT2D eigenvalue weighted by molar-refractivity contribution is 6.30. The number of ether oxygens (including phenoxy) is 2. The Morgan fingerprint density at radius 3 is 2.53 bits per heavy atom. The third-order valence-electron chi connectivity index (χ3n) is 6.39. The van der Waals surface area contributed by atoms with Gasteiger partial charge in [-0.1, -0.05) is 55.8 Å². The van der Waals surface area contributed by atoms with Crippen molar-refractivity contribution < 1.29 is 14.3 Å². The lowest BCUT2D eigenvalue weighted by molar-refractivity contribution is -0.123. The third kappa shape index (κ3) is 7.75. The van der Waals surface area contributed by atoms with Crippen LogP contribution in [0, 0.1) is 0 Å². The highest BCUT2D eigenvalue weighted by atomic mass is 35.5. The zero-order valence-corrected chi connectivity index (χ0v) is 22.9. The minimum absolute atomic E-state index is 0.0239. The average Bonchev–Trinajstić information content (AvgIpc) is 3.28. The quantitative estimate of drug-likeness (QED) is 0.181. The third-order valence-corrected chi connectivity index (χ3v) is 6.64. The number of amides is 1. The second kappa shape index (κ2) is 13.9. The molecule has 1 N–H and O–H groups in total. The molecule has 6 nitrogen and oxygen atoms in total. The van der Waals surface area contributed by atoms with E-state index in [2.05, 4.69) is 60.1 Å². The summed E-state index contributed by atoms with van der Waals surface area (Å²) in [5.74, 6) is 2.94. The highest BCUT2D eigenvalue weighted by Crippen LogP contribution is 2.26. The molecule has 0 aliphatic carbocycles. The van der Waals surface area contributed by atoms with Crippen LogP contribution in [0.25, 0.3) is 11.0 Å². The predicted octanol–water partition coefficient (Wildman–Crippen LogP) is 6.80. The number of aromatic nitrogens is 2. The molecule has 38 heavy (non-hydrogen) atoms. The van der Waals surface area contributed by atoms with E-state index in [1.165, 1.54) is 5.56 Å². The lowest BCUT2D eigenvalue weighted by Crippen LogP contribution is -2.30. The lowest BCUT2D eigenvalue weighted by atomic mass is 10.0. The van der Waals surface area contributed by atoms with Crippen LogP contribution >= 0.6 is 11.6 Å². The molecule has 0 fully saturated rings. The van der Waals surface area contributed by atoms with Crippen LogP contribution in [0.1, 0.15) is 50.4 Å². The maximum absolute atomic E-state index is 12.2. The molecule has 4 aromatic rings. The van der Waals surface area contributed by atoms with Crippen molar-refractivity contribution in [1.29, 1.82) is 0 Å². The summed E-state index contributed by atoms with van der Waals surface area (Å²) >= 11 is 5.88. The minimum atomic E-state index is -0.146. The Labute approximate surface area is 229 Å². The number of rotatable bonds is 14. The minimum Gasteiger partial charge on any atom is -0.493 e. The van der Waals surface area contributed by atoms with Crippen molar-refractivity contribution in [2.75, 3.05) is 19.8 Å². The van der Waals surface area contributed by atoms with Gasteiger partial charge in [0, 0.05) is 24.5 Å². The first-order valence-electron chi connectivity index (χ1n) is 13.3. The van der Waals surface area contributed by atoms with Crippen molar-refractivity contribution in [3.8, 4) is 11.5 Å². The normalized spacial score (nSPS) is 11.2. The number of aryl methyl sites for hydroxylation is 2. The number of benzene rings is 3. The van der Waals surface area contributed by atoms with E-state index in [4.69, 9.17) is 26.1 Å². The number of halogens is 1. The van der Waals surface area contributed by atoms with E-state index >= 15 is 0 Å². The van der Waals surface area contributed by atoms with Gasteiger partial charge >= 0.3 is 0 Å². The van der Waals surface area contributed by atoms with Gasteiger partial charge < -0.3 is 19.4 Å². The van der Waals surface area contributed by atoms with E-state index in [0.29, 0.717) is 29.8 Å². The number of para-hydroxylation sites is 3. The molecule has 0 aliphatic rings. The van der Waals surface area contributed by atoms with Crippen LogP contribution in [0.4, 0.5) is 0 Å². The number of unbranched alkanes of at least 4 members (excludes halogenated alkanes) is 1. The van der Waals surface area contributed by atoms with Gasteiger partial charge in [0.15, 0.2) is 6.61 Å². The standard InChI is InChI=1S/C31H36ClN3O3/c1-23(2)26-10-3-6-13-29(26)37-21-8-7-20-35-28-12-5-4-11-27(28)34-30(35)14-9-19-33-31(36)22-38-25-17-15-24(32)16-18-25/h3-6,10-13,15-18,23H,7-9,14,19-22H2,1-2H3,(H,33,36). The van der Waals surface area contributed by atoms with Gasteiger partial charge in [-0.2, -0.15) is 0 Å². The Morgan fingerprint density at radius 2 is 1.71 bits per heavy atom. The van der Waals surface area contributed by atoms with Crippen LogP contribution in [0.15, 0.2) is 72.8 Å². The molecule has 0 spiro atoms. The van der Waals surface area contributed by atoms with Gasteiger partial charge in [-0.15, -0.1) is 0 Å². The van der Waals surface area contributed by atoms with E-state index in [-0.39, 0.29) is 12.5 Å². The largest absolute Gasteiger partial charge is 0.493 e. The van der Waals surface area contributed by atoms with Gasteiger partial charge in [0.1, 0.15) is 17.3 Å². The number of carbonyl (C=O) groups is 1. The molecule has 7 heteroatoms. The predicted molar refractivity (Wildman–Crippen MR) is 153 cm³/mol. The fourth-order valence-electron chi connectivity index (χ4n) is 4.41. The number of nitrogens with zero attached hydrogens (tertiary/aromatic N) is 2. The SMILES string of the molecule is CC(C)c1ccccc1OCCCCn1c(CCCNC(=O)COc2ccc(Cl)cc2)nc2ccccc21. The molecule has 0 radical (unpaired) electrons. The van der Waals surface area contributed by atoms with Crippen LogP contribution in [-0.4, -0.2) is 35.2 Å². The van der Waals surface area contributed by atoms with E-state index in [1.54, 1.807) is 24.3 Å². The Kier molecular flexibility index (Phi) is 10.0. The van der Waals surface area contributed by atoms with Crippen molar-refractivity contribution >= 4 is 28.5 Å². The van der Waals surface area contributed by atoms with Gasteiger partial charge in [0.25, 0.3) is 5.91 Å². The second-order valence-electron chi connectivity index (χ2n) is 9.61. The average molecular weight is 534 g/mol. The number of nitrogens with one attached hydrogen (secondary N) is 1. The topological polar surface area (TPSA) is 65.4 Å². The summed E-state index contributed by atoms with van der Waals surface area (Å²) in [6.45, 7) is 6.49. The highest BCUT2D eigenvalue weighted by Gasteiger charge is 2.11. The molecule has 0 aliphatic heterocycles. The molecule has 1 aromatic heterocycles. The molecule has 1 heterocycles. The van der Waals surface area contributed by atoms with Gasteiger partial charge in [0.05, 0.1) is 17.6 Å². The number of fused-ring (bicyclic) bond motifs is 1. The van der Waals surface area contributed by atoms with Crippen LogP contribution < -0.4 is 14.8 Å². The summed E-state index contributed by atoms with van der Waals surface area (Å²) in [6.07, 6.45) is 3.54. The summed E-state index contributed by atoms with van der Waals surface area (Å²) in [5.41, 5.74) is 3.40. The maximum atomic E-state index is 12.2. The number of imidazole rings is 1. The monoisotopic (exact) mass is 533 g/mol. The first-order valence-corrected chi connectivity index (χ1v) is 13.7. The summed E-state index contributed by atoms with van der Waals surface area (Å²) < 4.78 is 13.9. The summed E-state index contributed by atoms with van der Waals surface area (Å²) in [6, 6.07) is 23.5. The van der Waals surface area contributed by atoms with Crippen molar-refractivity contribution in [3.63, 3.8) is 0 Å². The van der Waals surface area contributed by atoms with Crippen LogP contribution in [-0.2, 0) is 17.8 Å².